The number of carbonyl (C=O) groups excluding carboxylic acids is 2. The summed E-state index contributed by atoms with van der Waals surface area (Å²) in [5.74, 6) is -0.825. The van der Waals surface area contributed by atoms with Crippen molar-refractivity contribution in [2.45, 2.75) is 19.4 Å². The number of fused-ring (bicyclic) bond motifs is 1. The van der Waals surface area contributed by atoms with Crippen LogP contribution in [0.25, 0.3) is 0 Å². The summed E-state index contributed by atoms with van der Waals surface area (Å²) in [5, 5.41) is 2.95. The molecule has 5 heteroatoms. The molecule has 3 rings (SSSR count). The van der Waals surface area contributed by atoms with Crippen LogP contribution in [0.15, 0.2) is 40.9 Å². The largest absolute Gasteiger partial charge is 0.465 e. The van der Waals surface area contributed by atoms with E-state index >= 15 is 0 Å². The number of esters is 1. The van der Waals surface area contributed by atoms with Crippen LogP contribution in [0.3, 0.4) is 0 Å². The molecule has 116 valence electrons. The maximum Gasteiger partial charge on any atom is 0.310 e. The van der Waals surface area contributed by atoms with E-state index in [1.165, 1.54) is 0 Å². The number of hydrogen-bond acceptors (Lipinski definition) is 3. The lowest BCUT2D eigenvalue weighted by atomic mass is 9.73. The topological polar surface area (TPSA) is 55.4 Å². The first-order valence-electron chi connectivity index (χ1n) is 7.50. The molecule has 22 heavy (non-hydrogen) atoms. The van der Waals surface area contributed by atoms with Crippen LogP contribution >= 0.6 is 15.9 Å². The van der Waals surface area contributed by atoms with Crippen LogP contribution in [0.2, 0.25) is 0 Å². The first-order chi connectivity index (χ1) is 10.6. The van der Waals surface area contributed by atoms with Gasteiger partial charge in [-0.1, -0.05) is 40.2 Å². The van der Waals surface area contributed by atoms with Gasteiger partial charge in [0.05, 0.1) is 18.4 Å². The number of rotatable bonds is 3. The number of hydrogen-bond donors (Lipinski definition) is 1. The summed E-state index contributed by atoms with van der Waals surface area (Å²) in [6.45, 7) is 0.918. The molecule has 1 fully saturated rings. The second-order valence-corrected chi connectivity index (χ2v) is 6.68. The summed E-state index contributed by atoms with van der Waals surface area (Å²) in [7, 11) is 0. The van der Waals surface area contributed by atoms with Crippen LogP contribution in [0, 0.1) is 17.8 Å². The number of halogens is 1. The van der Waals surface area contributed by atoms with Gasteiger partial charge in [-0.15, -0.1) is 0 Å². The van der Waals surface area contributed by atoms with E-state index < -0.39 is 0 Å². The van der Waals surface area contributed by atoms with E-state index in [1.807, 2.05) is 30.3 Å². The molecule has 1 N–H and O–H groups in total. The van der Waals surface area contributed by atoms with Crippen molar-refractivity contribution in [3.05, 3.63) is 46.5 Å². The molecule has 0 radical (unpaired) electrons. The van der Waals surface area contributed by atoms with Crippen LogP contribution < -0.4 is 5.32 Å². The van der Waals surface area contributed by atoms with E-state index in [0.717, 1.165) is 16.5 Å². The molecule has 1 saturated heterocycles. The zero-order valence-corrected chi connectivity index (χ0v) is 13.7. The fourth-order valence-corrected chi connectivity index (χ4v) is 3.66. The molecule has 0 spiro atoms. The maximum absolute atomic E-state index is 12.5. The van der Waals surface area contributed by atoms with Gasteiger partial charge in [-0.25, -0.2) is 0 Å². The van der Waals surface area contributed by atoms with Crippen molar-refractivity contribution in [2.24, 2.45) is 17.8 Å². The Kier molecular flexibility index (Phi) is 4.62. The minimum Gasteiger partial charge on any atom is -0.465 e. The lowest BCUT2D eigenvalue weighted by molar-refractivity contribution is -0.161. The lowest BCUT2D eigenvalue weighted by Crippen LogP contribution is -2.45. The van der Waals surface area contributed by atoms with E-state index in [0.29, 0.717) is 19.6 Å². The molecular formula is C17H18BrNO3. The highest BCUT2D eigenvalue weighted by molar-refractivity contribution is 9.10. The van der Waals surface area contributed by atoms with Crippen molar-refractivity contribution >= 4 is 27.8 Å². The van der Waals surface area contributed by atoms with Gasteiger partial charge in [-0.2, -0.15) is 0 Å². The summed E-state index contributed by atoms with van der Waals surface area (Å²) in [6.07, 6.45) is 5.48. The molecule has 2 aliphatic rings. The van der Waals surface area contributed by atoms with Gasteiger partial charge in [0.2, 0.25) is 5.91 Å². The molecule has 1 amide bonds. The average Bonchev–Trinajstić information content (AvgIpc) is 2.52. The normalized spacial score (nSPS) is 27.0. The molecule has 0 aromatic heterocycles. The van der Waals surface area contributed by atoms with Crippen molar-refractivity contribution in [1.82, 2.24) is 5.32 Å². The zero-order valence-electron chi connectivity index (χ0n) is 12.1. The highest BCUT2D eigenvalue weighted by Crippen LogP contribution is 2.36. The number of ether oxygens (including phenoxy) is 1. The number of amides is 1. The van der Waals surface area contributed by atoms with Gasteiger partial charge in [0.1, 0.15) is 0 Å². The number of allylic oxidation sites excluding steroid dienone is 2. The van der Waals surface area contributed by atoms with Gasteiger partial charge in [0.15, 0.2) is 0 Å². The van der Waals surface area contributed by atoms with E-state index in [4.69, 9.17) is 4.74 Å². The van der Waals surface area contributed by atoms with E-state index in [9.17, 15) is 9.59 Å². The van der Waals surface area contributed by atoms with E-state index in [2.05, 4.69) is 27.3 Å². The number of nitrogens with one attached hydrogen (secondary N) is 1. The van der Waals surface area contributed by atoms with E-state index in [-0.39, 0.29) is 29.6 Å². The number of cyclic esters (lactones) is 1. The maximum atomic E-state index is 12.5. The number of benzene rings is 1. The first-order valence-corrected chi connectivity index (χ1v) is 8.30. The molecule has 1 unspecified atom stereocenters. The van der Waals surface area contributed by atoms with Gasteiger partial charge in [0, 0.05) is 11.0 Å². The van der Waals surface area contributed by atoms with Gasteiger partial charge in [0.25, 0.3) is 0 Å². The van der Waals surface area contributed by atoms with Crippen molar-refractivity contribution in [3.8, 4) is 0 Å². The Bertz CT molecular complexity index is 614. The van der Waals surface area contributed by atoms with Crippen molar-refractivity contribution < 1.29 is 14.3 Å². The Balaban J connectivity index is 1.66. The second kappa shape index (κ2) is 6.65. The van der Waals surface area contributed by atoms with Crippen LogP contribution in [0.4, 0.5) is 0 Å². The molecule has 1 heterocycles. The monoisotopic (exact) mass is 363 g/mol. The smallest absolute Gasteiger partial charge is 0.310 e. The predicted molar refractivity (Wildman–Crippen MR) is 85.8 cm³/mol. The molecule has 1 aromatic rings. The summed E-state index contributed by atoms with van der Waals surface area (Å²) in [6, 6.07) is 7.81. The highest BCUT2D eigenvalue weighted by atomic mass is 79.9. The molecule has 1 aromatic carbocycles. The molecule has 0 saturated carbocycles. The number of carbonyl (C=O) groups is 2. The van der Waals surface area contributed by atoms with Crippen LogP contribution in [0.5, 0.6) is 0 Å². The molecular weight excluding hydrogens is 346 g/mol. The third-order valence-electron chi connectivity index (χ3n) is 4.33. The molecule has 0 bridgehead atoms. The Morgan fingerprint density at radius 1 is 1.41 bits per heavy atom. The van der Waals surface area contributed by atoms with E-state index in [1.54, 1.807) is 0 Å². The second-order valence-electron chi connectivity index (χ2n) is 5.76. The quantitative estimate of drug-likeness (QED) is 0.663. The van der Waals surface area contributed by atoms with Gasteiger partial charge < -0.3 is 10.1 Å². The predicted octanol–water partition coefficient (Wildman–Crippen LogP) is 2.82. The Morgan fingerprint density at radius 2 is 2.27 bits per heavy atom. The summed E-state index contributed by atoms with van der Waals surface area (Å²) in [4.78, 5) is 24.5. The SMILES string of the molecule is O=C(NCc1cccc(Br)c1)C1CC=C[C@@H]2CCOC(=O)[C@H]12. The third kappa shape index (κ3) is 3.24. The van der Waals surface area contributed by atoms with Crippen molar-refractivity contribution in [2.75, 3.05) is 6.61 Å². The van der Waals surface area contributed by atoms with Gasteiger partial charge in [-0.3, -0.25) is 9.59 Å². The Morgan fingerprint density at radius 3 is 3.09 bits per heavy atom. The fourth-order valence-electron chi connectivity index (χ4n) is 3.21. The third-order valence-corrected chi connectivity index (χ3v) is 4.82. The van der Waals surface area contributed by atoms with Crippen LogP contribution in [0.1, 0.15) is 18.4 Å². The van der Waals surface area contributed by atoms with Crippen LogP contribution in [-0.4, -0.2) is 18.5 Å². The minimum atomic E-state index is -0.332. The van der Waals surface area contributed by atoms with Gasteiger partial charge >= 0.3 is 5.97 Å². The fraction of sp³-hybridized carbons (Fsp3) is 0.412. The lowest BCUT2D eigenvalue weighted by Gasteiger charge is -2.35. The summed E-state index contributed by atoms with van der Waals surface area (Å²) >= 11 is 3.42. The molecule has 4 nitrogen and oxygen atoms in total. The standard InChI is InChI=1S/C17H18BrNO3/c18-13-5-1-3-11(9-13)10-19-16(20)14-6-2-4-12-7-8-22-17(21)15(12)14/h1-5,9,12,14-15H,6-8,10H2,(H,19,20)/t12-,14?,15+/m1/s1. The Labute approximate surface area is 138 Å². The zero-order chi connectivity index (χ0) is 15.5. The Hall–Kier alpha value is -1.62. The average molecular weight is 364 g/mol. The van der Waals surface area contributed by atoms with Crippen molar-refractivity contribution in [3.63, 3.8) is 0 Å². The van der Waals surface area contributed by atoms with Gasteiger partial charge in [-0.05, 0) is 36.5 Å². The molecule has 1 aliphatic carbocycles. The molecule has 3 atom stereocenters. The molecule has 1 aliphatic heterocycles. The summed E-state index contributed by atoms with van der Waals surface area (Å²) in [5.41, 5.74) is 1.02. The van der Waals surface area contributed by atoms with Crippen LogP contribution in [-0.2, 0) is 20.9 Å². The highest BCUT2D eigenvalue weighted by Gasteiger charge is 2.42. The minimum absolute atomic E-state index is 0.0711. The first kappa shape index (κ1) is 15.3. The summed E-state index contributed by atoms with van der Waals surface area (Å²) < 4.78 is 6.13. The van der Waals surface area contributed by atoms with Crippen molar-refractivity contribution in [1.29, 1.82) is 0 Å².